The third kappa shape index (κ3) is 4.78. The van der Waals surface area contributed by atoms with Crippen LogP contribution in [-0.4, -0.2) is 40.5 Å². The van der Waals surface area contributed by atoms with Crippen LogP contribution in [0.4, 0.5) is 11.4 Å². The zero-order chi connectivity index (χ0) is 25.9. The minimum absolute atomic E-state index is 0.0263. The molecule has 9 nitrogen and oxygen atoms in total. The van der Waals surface area contributed by atoms with Crippen molar-refractivity contribution in [2.75, 3.05) is 25.2 Å². The van der Waals surface area contributed by atoms with Crippen LogP contribution < -0.4 is 25.1 Å². The SMILES string of the molecule is O=C(c1ccc(Nc2c(Oc3ccc4c(c3)OCO4)cnn(-c3ccccc3)c2=O)cc1)N1CCCCC1. The van der Waals surface area contributed by atoms with E-state index in [9.17, 15) is 9.59 Å². The van der Waals surface area contributed by atoms with Gasteiger partial charge in [-0.25, -0.2) is 0 Å². The number of fused-ring (bicyclic) bond motifs is 1. The Morgan fingerprint density at radius 1 is 0.895 bits per heavy atom. The molecule has 0 radical (unpaired) electrons. The van der Waals surface area contributed by atoms with Crippen LogP contribution in [0, 0.1) is 0 Å². The van der Waals surface area contributed by atoms with Crippen molar-refractivity contribution in [1.82, 2.24) is 14.7 Å². The summed E-state index contributed by atoms with van der Waals surface area (Å²) in [6.07, 6.45) is 4.73. The predicted molar refractivity (Wildman–Crippen MR) is 142 cm³/mol. The summed E-state index contributed by atoms with van der Waals surface area (Å²) in [5.74, 6) is 1.94. The number of carbonyl (C=O) groups is 1. The maximum Gasteiger partial charge on any atom is 0.299 e. The molecule has 1 fully saturated rings. The van der Waals surface area contributed by atoms with Crippen LogP contribution in [0.3, 0.4) is 0 Å². The lowest BCUT2D eigenvalue weighted by atomic mass is 10.1. The highest BCUT2D eigenvalue weighted by molar-refractivity contribution is 5.94. The molecule has 6 rings (SSSR count). The van der Waals surface area contributed by atoms with Crippen molar-refractivity contribution in [1.29, 1.82) is 0 Å². The quantitative estimate of drug-likeness (QED) is 0.385. The summed E-state index contributed by atoms with van der Waals surface area (Å²) in [4.78, 5) is 28.4. The molecule has 0 atom stereocenters. The van der Waals surface area contributed by atoms with E-state index in [2.05, 4.69) is 10.4 Å². The summed E-state index contributed by atoms with van der Waals surface area (Å²) >= 11 is 0. The maximum atomic E-state index is 13.6. The Morgan fingerprint density at radius 2 is 1.66 bits per heavy atom. The molecule has 0 bridgehead atoms. The number of nitrogens with zero attached hydrogens (tertiary/aromatic N) is 3. The Bertz CT molecular complexity index is 1510. The number of benzene rings is 3. The first-order chi connectivity index (χ1) is 18.7. The number of nitrogens with one attached hydrogen (secondary N) is 1. The largest absolute Gasteiger partial charge is 0.454 e. The molecule has 0 unspecified atom stereocenters. The van der Waals surface area contributed by atoms with E-state index in [1.165, 1.54) is 10.9 Å². The second kappa shape index (κ2) is 10.3. The summed E-state index contributed by atoms with van der Waals surface area (Å²) in [7, 11) is 0. The van der Waals surface area contributed by atoms with Crippen molar-refractivity contribution in [2.24, 2.45) is 0 Å². The Labute approximate surface area is 219 Å². The lowest BCUT2D eigenvalue weighted by Gasteiger charge is -2.26. The lowest BCUT2D eigenvalue weighted by molar-refractivity contribution is 0.0724. The molecular weight excluding hydrogens is 484 g/mol. The van der Waals surface area contributed by atoms with Crippen LogP contribution in [0.25, 0.3) is 5.69 Å². The smallest absolute Gasteiger partial charge is 0.299 e. The molecule has 0 aliphatic carbocycles. The van der Waals surface area contributed by atoms with Gasteiger partial charge in [-0.1, -0.05) is 18.2 Å². The number of piperidine rings is 1. The number of carbonyl (C=O) groups excluding carboxylic acids is 1. The van der Waals surface area contributed by atoms with Crippen LogP contribution in [0.15, 0.2) is 83.8 Å². The van der Waals surface area contributed by atoms with Crippen molar-refractivity contribution < 1.29 is 19.0 Å². The zero-order valence-electron chi connectivity index (χ0n) is 20.6. The van der Waals surface area contributed by atoms with Gasteiger partial charge in [0.2, 0.25) is 6.79 Å². The van der Waals surface area contributed by atoms with Gasteiger partial charge in [-0.05, 0) is 67.8 Å². The molecule has 3 heterocycles. The molecule has 0 saturated carbocycles. The fourth-order valence-electron chi connectivity index (χ4n) is 4.57. The summed E-state index contributed by atoms with van der Waals surface area (Å²) < 4.78 is 18.2. The van der Waals surface area contributed by atoms with Crippen LogP contribution in [0.1, 0.15) is 29.6 Å². The van der Waals surface area contributed by atoms with E-state index < -0.39 is 0 Å². The van der Waals surface area contributed by atoms with Crippen molar-refractivity contribution >= 4 is 17.3 Å². The number of anilines is 2. The van der Waals surface area contributed by atoms with Gasteiger partial charge in [0, 0.05) is 30.4 Å². The van der Waals surface area contributed by atoms with Crippen LogP contribution in [0.2, 0.25) is 0 Å². The average Bonchev–Trinajstić information content (AvgIpc) is 3.44. The normalized spacial score (nSPS) is 14.3. The number of rotatable bonds is 6. The van der Waals surface area contributed by atoms with Gasteiger partial charge in [0.05, 0.1) is 11.9 Å². The van der Waals surface area contributed by atoms with E-state index in [4.69, 9.17) is 14.2 Å². The molecule has 9 heteroatoms. The minimum atomic E-state index is -0.386. The second-order valence-corrected chi connectivity index (χ2v) is 9.11. The Morgan fingerprint density at radius 3 is 2.45 bits per heavy atom. The van der Waals surface area contributed by atoms with Gasteiger partial charge in [0.15, 0.2) is 22.9 Å². The van der Waals surface area contributed by atoms with E-state index in [-0.39, 0.29) is 29.7 Å². The van der Waals surface area contributed by atoms with E-state index >= 15 is 0 Å². The van der Waals surface area contributed by atoms with Crippen molar-refractivity contribution in [3.05, 3.63) is 94.9 Å². The summed E-state index contributed by atoms with van der Waals surface area (Å²) in [5, 5.41) is 7.53. The molecule has 1 saturated heterocycles. The third-order valence-electron chi connectivity index (χ3n) is 6.56. The van der Waals surface area contributed by atoms with Crippen LogP contribution >= 0.6 is 0 Å². The fraction of sp³-hybridized carbons (Fsp3) is 0.207. The van der Waals surface area contributed by atoms with Gasteiger partial charge in [-0.2, -0.15) is 9.78 Å². The van der Waals surface area contributed by atoms with Crippen molar-refractivity contribution in [2.45, 2.75) is 19.3 Å². The first-order valence-corrected chi connectivity index (χ1v) is 12.6. The van der Waals surface area contributed by atoms with E-state index in [0.29, 0.717) is 34.2 Å². The fourth-order valence-corrected chi connectivity index (χ4v) is 4.57. The van der Waals surface area contributed by atoms with Crippen LogP contribution in [0.5, 0.6) is 23.0 Å². The Kier molecular flexibility index (Phi) is 6.39. The molecule has 192 valence electrons. The molecule has 38 heavy (non-hydrogen) atoms. The Hall–Kier alpha value is -4.79. The lowest BCUT2D eigenvalue weighted by Crippen LogP contribution is -2.35. The molecule has 3 aromatic carbocycles. The molecule has 0 spiro atoms. The number of para-hydroxylation sites is 1. The minimum Gasteiger partial charge on any atom is -0.454 e. The number of likely N-dealkylation sites (tertiary alicyclic amines) is 1. The van der Waals surface area contributed by atoms with Crippen molar-refractivity contribution in [3.8, 4) is 28.7 Å². The summed E-state index contributed by atoms with van der Waals surface area (Å²) in [6, 6.07) is 21.5. The molecule has 2 aliphatic heterocycles. The number of hydrogen-bond donors (Lipinski definition) is 1. The first-order valence-electron chi connectivity index (χ1n) is 12.6. The molecule has 1 N–H and O–H groups in total. The molecule has 1 aromatic heterocycles. The van der Waals surface area contributed by atoms with Gasteiger partial charge in [-0.15, -0.1) is 0 Å². The van der Waals surface area contributed by atoms with E-state index in [1.807, 2.05) is 23.1 Å². The highest BCUT2D eigenvalue weighted by atomic mass is 16.7. The van der Waals surface area contributed by atoms with Gasteiger partial charge in [-0.3, -0.25) is 9.59 Å². The highest BCUT2D eigenvalue weighted by Gasteiger charge is 2.20. The predicted octanol–water partition coefficient (Wildman–Crippen LogP) is 5.12. The first kappa shape index (κ1) is 23.6. The van der Waals surface area contributed by atoms with Gasteiger partial charge in [0.1, 0.15) is 5.75 Å². The average molecular weight is 511 g/mol. The molecule has 1 amide bonds. The van der Waals surface area contributed by atoms with E-state index in [0.717, 1.165) is 32.4 Å². The summed E-state index contributed by atoms with van der Waals surface area (Å²) in [5.41, 5.74) is 1.70. The van der Waals surface area contributed by atoms with Gasteiger partial charge >= 0.3 is 0 Å². The summed E-state index contributed by atoms with van der Waals surface area (Å²) in [6.45, 7) is 1.72. The monoisotopic (exact) mass is 510 g/mol. The topological polar surface area (TPSA) is 94.9 Å². The molecule has 2 aliphatic rings. The highest BCUT2D eigenvalue weighted by Crippen LogP contribution is 2.37. The number of hydrogen-bond acceptors (Lipinski definition) is 7. The van der Waals surface area contributed by atoms with Crippen LogP contribution in [-0.2, 0) is 0 Å². The number of aromatic nitrogens is 2. The number of ether oxygens (including phenoxy) is 3. The third-order valence-corrected chi connectivity index (χ3v) is 6.56. The van der Waals surface area contributed by atoms with Crippen molar-refractivity contribution in [3.63, 3.8) is 0 Å². The van der Waals surface area contributed by atoms with Gasteiger partial charge < -0.3 is 24.4 Å². The maximum absolute atomic E-state index is 13.6. The molecular formula is C29H26N4O5. The zero-order valence-corrected chi connectivity index (χ0v) is 20.6. The standard InChI is InChI=1S/C29H26N4O5/c34-28(32-15-5-2-6-16-32)20-9-11-21(12-10-20)31-27-26(38-23-13-14-24-25(17-23)37-19-36-24)18-30-33(29(27)35)22-7-3-1-4-8-22/h1,3-4,7-14,17-18,31H,2,5-6,15-16,19H2. The molecule has 4 aromatic rings. The Balaban J connectivity index is 1.32. The van der Waals surface area contributed by atoms with E-state index in [1.54, 1.807) is 54.6 Å². The van der Waals surface area contributed by atoms with Gasteiger partial charge in [0.25, 0.3) is 11.5 Å². The number of amides is 1. The second-order valence-electron chi connectivity index (χ2n) is 9.11.